The second-order valence-corrected chi connectivity index (χ2v) is 3.87. The summed E-state index contributed by atoms with van der Waals surface area (Å²) in [6.45, 7) is 3.74. The van der Waals surface area contributed by atoms with Gasteiger partial charge in [-0.25, -0.2) is 0 Å². The molecule has 9 nitrogen and oxygen atoms in total. The summed E-state index contributed by atoms with van der Waals surface area (Å²) in [7, 11) is 1.35. The molecule has 118 valence electrons. The van der Waals surface area contributed by atoms with Crippen LogP contribution in [0.25, 0.3) is 0 Å². The fraction of sp³-hybridized carbons (Fsp3) is 0.583. The van der Waals surface area contributed by atoms with Crippen molar-refractivity contribution in [2.24, 2.45) is 0 Å². The van der Waals surface area contributed by atoms with Crippen LogP contribution < -0.4 is 0 Å². The minimum absolute atomic E-state index is 0.168. The van der Waals surface area contributed by atoms with Gasteiger partial charge in [0, 0.05) is 7.11 Å². The predicted octanol–water partition coefficient (Wildman–Crippen LogP) is -0.857. The Bertz CT molecular complexity index is 359. The fourth-order valence-electron chi connectivity index (χ4n) is 2.04. The maximum absolute atomic E-state index is 10.7. The van der Waals surface area contributed by atoms with Crippen LogP contribution in [0.3, 0.4) is 0 Å². The molecule has 0 radical (unpaired) electrons. The molecule has 0 amide bonds. The number of carbonyl (C=O) groups excluding carboxylic acids is 3. The molecule has 0 aliphatic carbocycles. The van der Waals surface area contributed by atoms with Crippen molar-refractivity contribution in [2.45, 2.75) is 30.7 Å². The van der Waals surface area contributed by atoms with Gasteiger partial charge in [-0.15, -0.1) is 0 Å². The van der Waals surface area contributed by atoms with Gasteiger partial charge in [0.05, 0.1) is 6.26 Å². The molecule has 0 bridgehead atoms. The summed E-state index contributed by atoms with van der Waals surface area (Å²) in [6.07, 6.45) is -3.69. The molecule has 0 aromatic carbocycles. The lowest BCUT2D eigenvalue weighted by atomic mass is 9.98. The van der Waals surface area contributed by atoms with Crippen molar-refractivity contribution in [3.63, 3.8) is 0 Å². The Morgan fingerprint density at radius 1 is 1.00 bits per heavy atom. The highest BCUT2D eigenvalue weighted by Gasteiger charge is 2.50. The number of ether oxygens (including phenoxy) is 6. The summed E-state index contributed by atoms with van der Waals surface area (Å²) < 4.78 is 30.2. The van der Waals surface area contributed by atoms with E-state index in [9.17, 15) is 14.4 Å². The molecule has 1 aliphatic rings. The van der Waals surface area contributed by atoms with E-state index in [-0.39, 0.29) is 26.0 Å². The lowest BCUT2D eigenvalue weighted by Gasteiger charge is -2.42. The summed E-state index contributed by atoms with van der Waals surface area (Å²) in [4.78, 5) is 31.6. The SMILES string of the molecule is C=CO[C@H]1C(OC)O[C@H](COC=O)[C@H](OC=O)[C@@H]1OC=O. The van der Waals surface area contributed by atoms with Crippen molar-refractivity contribution >= 4 is 19.4 Å². The normalized spacial score (nSPS) is 31.6. The van der Waals surface area contributed by atoms with Crippen LogP contribution in [0.15, 0.2) is 12.8 Å². The highest BCUT2D eigenvalue weighted by atomic mass is 16.7. The zero-order valence-electron chi connectivity index (χ0n) is 11.3. The zero-order valence-corrected chi connectivity index (χ0v) is 11.3. The maximum Gasteiger partial charge on any atom is 0.293 e. The number of rotatable bonds is 10. The number of methoxy groups -OCH3 is 1. The van der Waals surface area contributed by atoms with Gasteiger partial charge in [0.25, 0.3) is 19.4 Å². The molecule has 1 fully saturated rings. The van der Waals surface area contributed by atoms with Crippen LogP contribution in [-0.2, 0) is 42.8 Å². The van der Waals surface area contributed by atoms with Crippen molar-refractivity contribution in [1.29, 1.82) is 0 Å². The molecular formula is C12H16O9. The van der Waals surface area contributed by atoms with Crippen molar-refractivity contribution in [3.8, 4) is 0 Å². The molecule has 0 spiro atoms. The van der Waals surface area contributed by atoms with Gasteiger partial charge in [-0.05, 0) is 0 Å². The van der Waals surface area contributed by atoms with Crippen LogP contribution in [0.2, 0.25) is 0 Å². The predicted molar refractivity (Wildman–Crippen MR) is 64.6 cm³/mol. The fourth-order valence-corrected chi connectivity index (χ4v) is 2.04. The lowest BCUT2D eigenvalue weighted by Crippen LogP contribution is -2.61. The van der Waals surface area contributed by atoms with Gasteiger partial charge < -0.3 is 28.4 Å². The van der Waals surface area contributed by atoms with Gasteiger partial charge >= 0.3 is 0 Å². The Morgan fingerprint density at radius 2 is 1.67 bits per heavy atom. The van der Waals surface area contributed by atoms with Crippen LogP contribution in [0.4, 0.5) is 0 Å². The van der Waals surface area contributed by atoms with Crippen LogP contribution in [-0.4, -0.2) is 63.8 Å². The van der Waals surface area contributed by atoms with Gasteiger partial charge in [0.2, 0.25) is 0 Å². The molecule has 0 aromatic rings. The molecule has 0 aromatic heterocycles. The Kier molecular flexibility index (Phi) is 7.19. The maximum atomic E-state index is 10.7. The molecule has 0 N–H and O–H groups in total. The van der Waals surface area contributed by atoms with Crippen LogP contribution in [0, 0.1) is 0 Å². The van der Waals surface area contributed by atoms with Gasteiger partial charge in [0.1, 0.15) is 12.7 Å². The first-order valence-corrected chi connectivity index (χ1v) is 5.91. The third-order valence-corrected chi connectivity index (χ3v) is 2.83. The summed E-state index contributed by atoms with van der Waals surface area (Å²) in [5, 5.41) is 0. The third kappa shape index (κ3) is 4.17. The second kappa shape index (κ2) is 8.93. The van der Waals surface area contributed by atoms with E-state index in [2.05, 4.69) is 11.3 Å². The van der Waals surface area contributed by atoms with E-state index in [0.29, 0.717) is 0 Å². The molecule has 1 aliphatic heterocycles. The van der Waals surface area contributed by atoms with E-state index < -0.39 is 30.7 Å². The summed E-state index contributed by atoms with van der Waals surface area (Å²) >= 11 is 0. The van der Waals surface area contributed by atoms with E-state index in [1.807, 2.05) is 0 Å². The average molecular weight is 304 g/mol. The van der Waals surface area contributed by atoms with Gasteiger partial charge in [0.15, 0.2) is 24.6 Å². The number of carbonyl (C=O) groups is 3. The largest absolute Gasteiger partial charge is 0.489 e. The monoisotopic (exact) mass is 304 g/mol. The minimum Gasteiger partial charge on any atom is -0.489 e. The molecule has 9 heteroatoms. The Morgan fingerprint density at radius 3 is 2.19 bits per heavy atom. The molecule has 0 saturated carbocycles. The molecule has 1 rings (SSSR count). The average Bonchev–Trinajstić information content (AvgIpc) is 2.49. The molecular weight excluding hydrogens is 288 g/mol. The highest BCUT2D eigenvalue weighted by Crippen LogP contribution is 2.28. The van der Waals surface area contributed by atoms with Crippen molar-refractivity contribution in [1.82, 2.24) is 0 Å². The number of hydrogen-bond donors (Lipinski definition) is 0. The van der Waals surface area contributed by atoms with Gasteiger partial charge in [-0.1, -0.05) is 6.58 Å². The number of hydrogen-bond acceptors (Lipinski definition) is 9. The lowest BCUT2D eigenvalue weighted by molar-refractivity contribution is -0.296. The summed E-state index contributed by atoms with van der Waals surface area (Å²) in [5.41, 5.74) is 0. The minimum atomic E-state index is -1.04. The van der Waals surface area contributed by atoms with Crippen molar-refractivity contribution in [3.05, 3.63) is 12.8 Å². The molecule has 1 saturated heterocycles. The van der Waals surface area contributed by atoms with Crippen molar-refractivity contribution in [2.75, 3.05) is 13.7 Å². The first-order chi connectivity index (χ1) is 10.2. The third-order valence-electron chi connectivity index (χ3n) is 2.83. The Balaban J connectivity index is 3.01. The van der Waals surface area contributed by atoms with E-state index in [0.717, 1.165) is 6.26 Å². The standard InChI is InChI=1S/C12H16O9/c1-3-18-11-10(20-7-15)9(19-6-14)8(4-17-5-13)21-12(11)16-2/h3,5-12H,1,4H2,2H3/t8-,9+,10+,11-,12?/m1/s1. The smallest absolute Gasteiger partial charge is 0.293 e. The molecule has 1 unspecified atom stereocenters. The first kappa shape index (κ1) is 16.9. The Hall–Kier alpha value is -2.13. The summed E-state index contributed by atoms with van der Waals surface area (Å²) in [6, 6.07) is 0. The molecule has 1 heterocycles. The van der Waals surface area contributed by atoms with E-state index in [1.54, 1.807) is 0 Å². The van der Waals surface area contributed by atoms with Crippen LogP contribution in [0.1, 0.15) is 0 Å². The van der Waals surface area contributed by atoms with Gasteiger partial charge in [-0.3, -0.25) is 14.4 Å². The summed E-state index contributed by atoms with van der Waals surface area (Å²) in [5.74, 6) is 0. The zero-order chi connectivity index (χ0) is 15.7. The van der Waals surface area contributed by atoms with E-state index >= 15 is 0 Å². The van der Waals surface area contributed by atoms with Crippen molar-refractivity contribution < 1.29 is 42.8 Å². The van der Waals surface area contributed by atoms with Crippen LogP contribution in [0.5, 0.6) is 0 Å². The first-order valence-electron chi connectivity index (χ1n) is 5.91. The van der Waals surface area contributed by atoms with Gasteiger partial charge in [-0.2, -0.15) is 0 Å². The molecule has 21 heavy (non-hydrogen) atoms. The quantitative estimate of drug-likeness (QED) is 0.289. The van der Waals surface area contributed by atoms with E-state index in [1.165, 1.54) is 7.11 Å². The second-order valence-electron chi connectivity index (χ2n) is 3.87. The molecule has 5 atom stereocenters. The topological polar surface area (TPSA) is 107 Å². The highest BCUT2D eigenvalue weighted by molar-refractivity contribution is 5.40. The Labute approximate surface area is 120 Å². The van der Waals surface area contributed by atoms with Crippen LogP contribution >= 0.6 is 0 Å². The van der Waals surface area contributed by atoms with E-state index in [4.69, 9.17) is 23.7 Å².